The lowest BCUT2D eigenvalue weighted by Crippen LogP contribution is -1.93. The van der Waals surface area contributed by atoms with Crippen LogP contribution < -0.4 is 0 Å². The Hall–Kier alpha value is -2.89. The van der Waals surface area contributed by atoms with E-state index in [4.69, 9.17) is 4.52 Å². The monoisotopic (exact) mass is 308 g/mol. The third kappa shape index (κ3) is 3.48. The van der Waals surface area contributed by atoms with Crippen molar-refractivity contribution in [1.82, 2.24) is 20.1 Å². The maximum Gasteiger partial charge on any atom is 0.258 e. The van der Waals surface area contributed by atoms with Crippen molar-refractivity contribution in [2.75, 3.05) is 0 Å². The molecule has 1 aromatic carbocycles. The fraction of sp³-hybridized carbons (Fsp3) is 0.235. The van der Waals surface area contributed by atoms with Gasteiger partial charge in [0.25, 0.3) is 5.89 Å². The third-order valence-electron chi connectivity index (χ3n) is 3.29. The summed E-state index contributed by atoms with van der Waals surface area (Å²) in [4.78, 5) is 23.0. The predicted molar refractivity (Wildman–Crippen MR) is 84.7 cm³/mol. The molecular weight excluding hydrogens is 292 g/mol. The highest BCUT2D eigenvalue weighted by molar-refractivity contribution is 5.71. The number of carbonyl (C=O) groups excluding carboxylic acids is 1. The summed E-state index contributed by atoms with van der Waals surface area (Å²) in [5, 5.41) is 3.91. The molecule has 6 heteroatoms. The molecule has 0 N–H and O–H groups in total. The van der Waals surface area contributed by atoms with Crippen molar-refractivity contribution < 1.29 is 9.32 Å². The van der Waals surface area contributed by atoms with Gasteiger partial charge in [0.05, 0.1) is 12.4 Å². The quantitative estimate of drug-likeness (QED) is 0.673. The minimum atomic E-state index is 0.262. The maximum atomic E-state index is 10.6. The average Bonchev–Trinajstić information content (AvgIpc) is 3.05. The lowest BCUT2D eigenvalue weighted by Gasteiger charge is -2.04. The largest absolute Gasteiger partial charge is 0.334 e. The predicted octanol–water partition coefficient (Wildman–Crippen LogP) is 3.20. The second kappa shape index (κ2) is 6.48. The Labute approximate surface area is 133 Å². The highest BCUT2D eigenvalue weighted by Gasteiger charge is 2.12. The molecule has 0 bridgehead atoms. The second-order valence-corrected chi connectivity index (χ2v) is 5.66. The molecule has 0 saturated heterocycles. The minimum absolute atomic E-state index is 0.262. The molecule has 0 aliphatic carbocycles. The van der Waals surface area contributed by atoms with Gasteiger partial charge in [-0.1, -0.05) is 31.1 Å². The van der Waals surface area contributed by atoms with Crippen LogP contribution in [0.1, 0.15) is 29.9 Å². The summed E-state index contributed by atoms with van der Waals surface area (Å²) in [5.41, 5.74) is 2.85. The van der Waals surface area contributed by atoms with Gasteiger partial charge in [-0.15, -0.1) is 0 Å². The van der Waals surface area contributed by atoms with Crippen LogP contribution in [0.25, 0.3) is 23.0 Å². The number of carbonyl (C=O) groups is 1. The zero-order valence-corrected chi connectivity index (χ0v) is 12.9. The van der Waals surface area contributed by atoms with Crippen molar-refractivity contribution >= 4 is 6.29 Å². The SMILES string of the molecule is CC(C)Cc1ccc(-c2nc(-c3cnc(C=O)cn3)no2)cc1. The van der Waals surface area contributed by atoms with Crippen LogP contribution in [0.4, 0.5) is 0 Å². The van der Waals surface area contributed by atoms with E-state index in [1.165, 1.54) is 18.0 Å². The topological polar surface area (TPSA) is 81.8 Å². The van der Waals surface area contributed by atoms with Crippen molar-refractivity contribution in [2.24, 2.45) is 5.92 Å². The number of hydrogen-bond donors (Lipinski definition) is 0. The van der Waals surface area contributed by atoms with Gasteiger partial charge in [0.1, 0.15) is 11.4 Å². The van der Waals surface area contributed by atoms with E-state index < -0.39 is 0 Å². The van der Waals surface area contributed by atoms with Gasteiger partial charge < -0.3 is 4.52 Å². The number of aldehydes is 1. The molecule has 116 valence electrons. The summed E-state index contributed by atoms with van der Waals surface area (Å²) in [6.45, 7) is 4.38. The highest BCUT2D eigenvalue weighted by Crippen LogP contribution is 2.21. The van der Waals surface area contributed by atoms with Crippen molar-refractivity contribution in [3.05, 3.63) is 47.9 Å². The van der Waals surface area contributed by atoms with E-state index in [0.29, 0.717) is 29.6 Å². The molecule has 2 heterocycles. The molecule has 0 unspecified atom stereocenters. The Bertz CT molecular complexity index is 792. The van der Waals surface area contributed by atoms with Gasteiger partial charge in [-0.2, -0.15) is 4.98 Å². The Morgan fingerprint density at radius 1 is 1.13 bits per heavy atom. The van der Waals surface area contributed by atoms with E-state index >= 15 is 0 Å². The third-order valence-corrected chi connectivity index (χ3v) is 3.29. The first-order valence-corrected chi connectivity index (χ1v) is 7.36. The van der Waals surface area contributed by atoms with Crippen molar-refractivity contribution in [3.63, 3.8) is 0 Å². The van der Waals surface area contributed by atoms with Crippen LogP contribution in [0.15, 0.2) is 41.2 Å². The smallest absolute Gasteiger partial charge is 0.258 e. The van der Waals surface area contributed by atoms with E-state index in [1.807, 2.05) is 12.1 Å². The lowest BCUT2D eigenvalue weighted by molar-refractivity contribution is 0.111. The number of nitrogens with zero attached hydrogens (tertiary/aromatic N) is 4. The van der Waals surface area contributed by atoms with E-state index in [-0.39, 0.29) is 5.69 Å². The Kier molecular flexibility index (Phi) is 4.23. The van der Waals surface area contributed by atoms with E-state index in [9.17, 15) is 4.79 Å². The number of aromatic nitrogens is 4. The number of hydrogen-bond acceptors (Lipinski definition) is 6. The van der Waals surface area contributed by atoms with Crippen LogP contribution in [0.2, 0.25) is 0 Å². The van der Waals surface area contributed by atoms with Gasteiger partial charge in [-0.25, -0.2) is 9.97 Å². The molecule has 2 aromatic heterocycles. The van der Waals surface area contributed by atoms with Gasteiger partial charge in [0, 0.05) is 5.56 Å². The average molecular weight is 308 g/mol. The minimum Gasteiger partial charge on any atom is -0.334 e. The van der Waals surface area contributed by atoms with E-state index in [1.54, 1.807) is 0 Å². The summed E-state index contributed by atoms with van der Waals surface area (Å²) in [6, 6.07) is 8.07. The fourth-order valence-corrected chi connectivity index (χ4v) is 2.21. The molecular formula is C17H16N4O2. The number of benzene rings is 1. The molecule has 0 saturated carbocycles. The van der Waals surface area contributed by atoms with Crippen molar-refractivity contribution in [3.8, 4) is 23.0 Å². The van der Waals surface area contributed by atoms with Crippen LogP contribution in [0, 0.1) is 5.92 Å². The molecule has 3 rings (SSSR count). The maximum absolute atomic E-state index is 10.6. The summed E-state index contributed by atoms with van der Waals surface area (Å²) in [6.07, 6.45) is 4.49. The summed E-state index contributed by atoms with van der Waals surface area (Å²) >= 11 is 0. The molecule has 3 aromatic rings. The molecule has 0 radical (unpaired) electrons. The summed E-state index contributed by atoms with van der Waals surface area (Å²) < 4.78 is 5.28. The van der Waals surface area contributed by atoms with Crippen molar-refractivity contribution in [1.29, 1.82) is 0 Å². The van der Waals surface area contributed by atoms with Crippen LogP contribution in [-0.4, -0.2) is 26.4 Å². The molecule has 0 amide bonds. The van der Waals surface area contributed by atoms with Crippen LogP contribution in [0.3, 0.4) is 0 Å². The van der Waals surface area contributed by atoms with Crippen LogP contribution in [0.5, 0.6) is 0 Å². The van der Waals surface area contributed by atoms with Crippen LogP contribution >= 0.6 is 0 Å². The molecule has 0 atom stereocenters. The van der Waals surface area contributed by atoms with Gasteiger partial charge >= 0.3 is 0 Å². The normalized spacial score (nSPS) is 10.9. The van der Waals surface area contributed by atoms with Gasteiger partial charge in [0.2, 0.25) is 5.82 Å². The Morgan fingerprint density at radius 2 is 1.91 bits per heavy atom. The standard InChI is InChI=1S/C17H16N4O2/c1-11(2)7-12-3-5-13(6-4-12)17-20-16(21-23-17)15-9-18-14(10-22)8-19-15/h3-6,8-11H,7H2,1-2H3. The highest BCUT2D eigenvalue weighted by atomic mass is 16.5. The molecule has 0 fully saturated rings. The zero-order valence-electron chi connectivity index (χ0n) is 12.9. The van der Waals surface area contributed by atoms with Gasteiger partial charge in [0.15, 0.2) is 6.29 Å². The zero-order chi connectivity index (χ0) is 16.2. The summed E-state index contributed by atoms with van der Waals surface area (Å²) in [7, 11) is 0. The summed E-state index contributed by atoms with van der Waals surface area (Å²) in [5.74, 6) is 1.39. The molecule has 0 aliphatic heterocycles. The lowest BCUT2D eigenvalue weighted by atomic mass is 10.0. The first-order chi connectivity index (χ1) is 11.2. The van der Waals surface area contributed by atoms with Crippen LogP contribution in [-0.2, 0) is 6.42 Å². The fourth-order valence-electron chi connectivity index (χ4n) is 2.21. The second-order valence-electron chi connectivity index (χ2n) is 5.66. The molecule has 0 aliphatic rings. The molecule has 0 spiro atoms. The van der Waals surface area contributed by atoms with E-state index in [0.717, 1.165) is 12.0 Å². The van der Waals surface area contributed by atoms with E-state index in [2.05, 4.69) is 46.1 Å². The number of rotatable bonds is 5. The van der Waals surface area contributed by atoms with Gasteiger partial charge in [-0.3, -0.25) is 4.79 Å². The molecule has 6 nitrogen and oxygen atoms in total. The Balaban J connectivity index is 1.81. The van der Waals surface area contributed by atoms with Gasteiger partial charge in [-0.05, 0) is 30.0 Å². The first kappa shape index (κ1) is 15.0. The molecule has 23 heavy (non-hydrogen) atoms. The van der Waals surface area contributed by atoms with Crippen molar-refractivity contribution in [2.45, 2.75) is 20.3 Å². The Morgan fingerprint density at radius 3 is 2.52 bits per heavy atom. The first-order valence-electron chi connectivity index (χ1n) is 7.36.